The van der Waals surface area contributed by atoms with Crippen molar-refractivity contribution < 1.29 is 19.1 Å². The summed E-state index contributed by atoms with van der Waals surface area (Å²) in [7, 11) is 0. The number of aromatic nitrogens is 1. The van der Waals surface area contributed by atoms with Gasteiger partial charge in [-0.15, -0.1) is 0 Å². The molecule has 1 aromatic carbocycles. The maximum absolute atomic E-state index is 13.2. The van der Waals surface area contributed by atoms with E-state index in [-0.39, 0.29) is 17.4 Å². The molecule has 6 nitrogen and oxygen atoms in total. The van der Waals surface area contributed by atoms with Crippen molar-refractivity contribution in [3.63, 3.8) is 0 Å². The molecule has 6 heteroatoms. The second kappa shape index (κ2) is 7.20. The highest BCUT2D eigenvalue weighted by molar-refractivity contribution is 6.46. The number of carbonyl (C=O) groups is 2. The van der Waals surface area contributed by atoms with Crippen LogP contribution in [-0.4, -0.2) is 32.7 Å². The van der Waals surface area contributed by atoms with Crippen LogP contribution in [0.2, 0.25) is 0 Å². The summed E-state index contributed by atoms with van der Waals surface area (Å²) in [5.41, 5.74) is 1.47. The highest BCUT2D eigenvalue weighted by Crippen LogP contribution is 2.44. The minimum absolute atomic E-state index is 0.0288. The first-order valence-electron chi connectivity index (χ1n) is 10.5. The summed E-state index contributed by atoms with van der Waals surface area (Å²) in [6.45, 7) is 1.83. The number of fused-ring (bicyclic) bond motifs is 1. The Morgan fingerprint density at radius 2 is 1.87 bits per heavy atom. The van der Waals surface area contributed by atoms with Crippen molar-refractivity contribution >= 4 is 28.4 Å². The summed E-state index contributed by atoms with van der Waals surface area (Å²) < 4.78 is 5.87. The predicted octanol–water partition coefficient (Wildman–Crippen LogP) is 4.82. The molecule has 3 heterocycles. The van der Waals surface area contributed by atoms with E-state index in [0.717, 1.165) is 43.0 Å². The Hall–Kier alpha value is -3.28. The number of nitrogens with one attached hydrogen (secondary N) is 1. The van der Waals surface area contributed by atoms with Crippen molar-refractivity contribution in [1.29, 1.82) is 0 Å². The van der Waals surface area contributed by atoms with E-state index in [1.807, 2.05) is 37.3 Å². The van der Waals surface area contributed by atoms with Gasteiger partial charge in [0.25, 0.3) is 11.7 Å². The van der Waals surface area contributed by atoms with E-state index < -0.39 is 17.7 Å². The number of likely N-dealkylation sites (tertiary alicyclic amines) is 1. The third-order valence-electron chi connectivity index (χ3n) is 6.32. The summed E-state index contributed by atoms with van der Waals surface area (Å²) in [4.78, 5) is 31.1. The smallest absolute Gasteiger partial charge is 0.296 e. The Morgan fingerprint density at radius 1 is 1.10 bits per heavy atom. The number of para-hydroxylation sites is 1. The summed E-state index contributed by atoms with van der Waals surface area (Å²) in [6, 6.07) is 10.4. The number of nitrogens with zero attached hydrogens (tertiary/aromatic N) is 1. The second-order valence-electron chi connectivity index (χ2n) is 8.19. The number of carbonyl (C=O) groups excluding carboxylic acids is 2. The Labute approximate surface area is 174 Å². The number of benzene rings is 1. The largest absolute Gasteiger partial charge is 0.507 e. The Balaban J connectivity index is 1.69. The predicted molar refractivity (Wildman–Crippen MR) is 113 cm³/mol. The zero-order valence-corrected chi connectivity index (χ0v) is 16.9. The fourth-order valence-corrected chi connectivity index (χ4v) is 4.88. The van der Waals surface area contributed by atoms with E-state index in [4.69, 9.17) is 4.42 Å². The average Bonchev–Trinajstić information content (AvgIpc) is 3.45. The first-order chi connectivity index (χ1) is 14.6. The lowest BCUT2D eigenvalue weighted by molar-refractivity contribution is -0.142. The van der Waals surface area contributed by atoms with Gasteiger partial charge in [-0.1, -0.05) is 37.5 Å². The molecule has 0 radical (unpaired) electrons. The number of aliphatic hydroxyl groups excluding tert-OH is 1. The molecule has 154 valence electrons. The van der Waals surface area contributed by atoms with Gasteiger partial charge in [0.05, 0.1) is 5.57 Å². The maximum Gasteiger partial charge on any atom is 0.296 e. The first kappa shape index (κ1) is 18.7. The molecule has 1 saturated heterocycles. The minimum Gasteiger partial charge on any atom is -0.507 e. The SMILES string of the molecule is Cc1ccc(C2/C(=C(/O)c3c[nH]c4ccccc34)C(=O)C(=O)N2C2CCCCC2)o1. The van der Waals surface area contributed by atoms with Crippen LogP contribution >= 0.6 is 0 Å². The summed E-state index contributed by atoms with van der Waals surface area (Å²) in [5.74, 6) is -0.155. The molecule has 1 atom stereocenters. The molecular formula is C24H24N2O4. The number of aryl methyl sites for hydroxylation is 1. The van der Waals surface area contributed by atoms with E-state index in [1.54, 1.807) is 17.2 Å². The second-order valence-corrected chi connectivity index (χ2v) is 8.19. The Morgan fingerprint density at radius 3 is 2.60 bits per heavy atom. The summed E-state index contributed by atoms with van der Waals surface area (Å²) in [6.07, 6.45) is 6.59. The molecular weight excluding hydrogens is 380 g/mol. The van der Waals surface area contributed by atoms with Crippen molar-refractivity contribution in [3.8, 4) is 0 Å². The van der Waals surface area contributed by atoms with Crippen LogP contribution in [-0.2, 0) is 9.59 Å². The lowest BCUT2D eigenvalue weighted by atomic mass is 9.92. The lowest BCUT2D eigenvalue weighted by Gasteiger charge is -2.34. The van der Waals surface area contributed by atoms with Crippen LogP contribution in [0.3, 0.4) is 0 Å². The van der Waals surface area contributed by atoms with Crippen LogP contribution in [0.4, 0.5) is 0 Å². The maximum atomic E-state index is 13.2. The highest BCUT2D eigenvalue weighted by atomic mass is 16.3. The number of amides is 1. The molecule has 0 spiro atoms. The summed E-state index contributed by atoms with van der Waals surface area (Å²) in [5, 5.41) is 12.1. The number of hydrogen-bond donors (Lipinski definition) is 2. The first-order valence-corrected chi connectivity index (χ1v) is 10.5. The topological polar surface area (TPSA) is 86.5 Å². The number of H-pyrrole nitrogens is 1. The molecule has 1 aliphatic heterocycles. The van der Waals surface area contributed by atoms with Gasteiger partial charge < -0.3 is 19.4 Å². The van der Waals surface area contributed by atoms with Crippen LogP contribution in [0, 0.1) is 6.92 Å². The molecule has 30 heavy (non-hydrogen) atoms. The van der Waals surface area contributed by atoms with Gasteiger partial charge in [0, 0.05) is 28.7 Å². The van der Waals surface area contributed by atoms with Gasteiger partial charge in [-0.25, -0.2) is 0 Å². The normalized spacial score (nSPS) is 22.3. The zero-order valence-electron chi connectivity index (χ0n) is 16.9. The number of rotatable bonds is 3. The molecule has 5 rings (SSSR count). The van der Waals surface area contributed by atoms with Gasteiger partial charge in [0.1, 0.15) is 23.3 Å². The molecule has 2 aromatic heterocycles. The minimum atomic E-state index is -0.713. The van der Waals surface area contributed by atoms with E-state index in [0.29, 0.717) is 17.1 Å². The van der Waals surface area contributed by atoms with E-state index >= 15 is 0 Å². The molecule has 1 unspecified atom stereocenters. The van der Waals surface area contributed by atoms with E-state index in [9.17, 15) is 14.7 Å². The van der Waals surface area contributed by atoms with Gasteiger partial charge in [-0.3, -0.25) is 9.59 Å². The number of ketones is 1. The van der Waals surface area contributed by atoms with Crippen LogP contribution in [0.5, 0.6) is 0 Å². The fourth-order valence-electron chi connectivity index (χ4n) is 4.88. The molecule has 0 bridgehead atoms. The number of aliphatic hydroxyl groups is 1. The van der Waals surface area contributed by atoms with Gasteiger partial charge in [-0.2, -0.15) is 0 Å². The van der Waals surface area contributed by atoms with Crippen LogP contribution in [0.1, 0.15) is 55.2 Å². The van der Waals surface area contributed by atoms with Crippen LogP contribution in [0.25, 0.3) is 16.7 Å². The molecule has 2 aliphatic rings. The Bertz CT molecular complexity index is 1160. The van der Waals surface area contributed by atoms with Crippen molar-refractivity contribution in [3.05, 3.63) is 65.3 Å². The number of Topliss-reactive ketones (excluding diaryl/α,β-unsaturated/α-hetero) is 1. The monoisotopic (exact) mass is 404 g/mol. The van der Waals surface area contributed by atoms with Crippen molar-refractivity contribution in [1.82, 2.24) is 9.88 Å². The van der Waals surface area contributed by atoms with Crippen LogP contribution in [0.15, 0.2) is 52.6 Å². The van der Waals surface area contributed by atoms with E-state index in [1.165, 1.54) is 0 Å². The summed E-state index contributed by atoms with van der Waals surface area (Å²) >= 11 is 0. The van der Waals surface area contributed by atoms with Crippen molar-refractivity contribution in [2.24, 2.45) is 0 Å². The third kappa shape index (κ3) is 2.86. The fraction of sp³-hybridized carbons (Fsp3) is 0.333. The van der Waals surface area contributed by atoms with Gasteiger partial charge in [0.15, 0.2) is 0 Å². The lowest BCUT2D eigenvalue weighted by Crippen LogP contribution is -2.40. The van der Waals surface area contributed by atoms with Gasteiger partial charge in [0.2, 0.25) is 0 Å². The van der Waals surface area contributed by atoms with E-state index in [2.05, 4.69) is 4.98 Å². The van der Waals surface area contributed by atoms with Crippen molar-refractivity contribution in [2.75, 3.05) is 0 Å². The standard InChI is InChI=1S/C24H24N2O4/c1-14-11-12-19(30-14)21-20(22(27)17-13-25-18-10-6-5-9-16(17)18)23(28)24(29)26(21)15-7-3-2-4-8-15/h5-6,9-13,15,21,25,27H,2-4,7-8H2,1H3/b22-20-. The molecule has 2 N–H and O–H groups in total. The highest BCUT2D eigenvalue weighted by Gasteiger charge is 2.50. The molecule has 3 aromatic rings. The van der Waals surface area contributed by atoms with Gasteiger partial charge >= 0.3 is 0 Å². The van der Waals surface area contributed by atoms with Crippen LogP contribution < -0.4 is 0 Å². The third-order valence-corrected chi connectivity index (χ3v) is 6.32. The zero-order chi connectivity index (χ0) is 20.8. The molecule has 1 amide bonds. The quantitative estimate of drug-likeness (QED) is 0.372. The number of hydrogen-bond acceptors (Lipinski definition) is 4. The molecule has 1 aliphatic carbocycles. The number of furan rings is 1. The van der Waals surface area contributed by atoms with Crippen molar-refractivity contribution in [2.45, 2.75) is 51.1 Å². The number of aromatic amines is 1. The molecule has 2 fully saturated rings. The van der Waals surface area contributed by atoms with Gasteiger partial charge in [-0.05, 0) is 38.0 Å². The average molecular weight is 404 g/mol. The Kier molecular flexibility index (Phi) is 4.50. The molecule has 1 saturated carbocycles.